The van der Waals surface area contributed by atoms with Crippen molar-refractivity contribution < 1.29 is 0 Å². The number of anilines is 2. The third-order valence-electron chi connectivity index (χ3n) is 4.72. The van der Waals surface area contributed by atoms with E-state index >= 15 is 0 Å². The van der Waals surface area contributed by atoms with Gasteiger partial charge in [0, 0.05) is 39.6 Å². The lowest BCUT2D eigenvalue weighted by molar-refractivity contribution is 0.463. The van der Waals surface area contributed by atoms with Gasteiger partial charge in [0.05, 0.1) is 6.07 Å². The molecule has 0 fully saturated rings. The molecule has 3 nitrogen and oxygen atoms in total. The third-order valence-corrected chi connectivity index (χ3v) is 4.72. The Kier molecular flexibility index (Phi) is 5.19. The zero-order valence-corrected chi connectivity index (χ0v) is 15.5. The summed E-state index contributed by atoms with van der Waals surface area (Å²) < 4.78 is 0. The second-order valence-corrected chi connectivity index (χ2v) is 6.96. The molecule has 3 heteroatoms. The van der Waals surface area contributed by atoms with E-state index in [-0.39, 0.29) is 5.92 Å². The van der Waals surface area contributed by atoms with Gasteiger partial charge in [-0.05, 0) is 41.3 Å². The van der Waals surface area contributed by atoms with Gasteiger partial charge >= 0.3 is 0 Å². The molecule has 0 atom stereocenters. The molecule has 0 spiro atoms. The summed E-state index contributed by atoms with van der Waals surface area (Å²) >= 11 is 0. The number of nitriles is 1. The van der Waals surface area contributed by atoms with Crippen LogP contribution in [0.4, 0.5) is 11.4 Å². The van der Waals surface area contributed by atoms with Gasteiger partial charge in [-0.15, -0.1) is 0 Å². The van der Waals surface area contributed by atoms with E-state index < -0.39 is 5.41 Å². The first-order chi connectivity index (χ1) is 11.3. The summed E-state index contributed by atoms with van der Waals surface area (Å²) in [7, 11) is 8.09. The second-order valence-electron chi connectivity index (χ2n) is 6.96. The SMILES string of the molecule is CC(C)C(C#N)(c1ccc(N(C)C)cc1)c1ccc(N(C)C)cc1. The van der Waals surface area contributed by atoms with Crippen molar-refractivity contribution in [2.24, 2.45) is 5.92 Å². The van der Waals surface area contributed by atoms with E-state index in [1.54, 1.807) is 0 Å². The second kappa shape index (κ2) is 6.97. The maximum absolute atomic E-state index is 10.1. The van der Waals surface area contributed by atoms with Crippen molar-refractivity contribution in [1.82, 2.24) is 0 Å². The lowest BCUT2D eigenvalue weighted by Crippen LogP contribution is -2.32. The summed E-state index contributed by atoms with van der Waals surface area (Å²) in [6, 6.07) is 19.3. The van der Waals surface area contributed by atoms with Crippen molar-refractivity contribution in [3.8, 4) is 6.07 Å². The topological polar surface area (TPSA) is 30.3 Å². The first-order valence-electron chi connectivity index (χ1n) is 8.30. The lowest BCUT2D eigenvalue weighted by atomic mass is 9.68. The van der Waals surface area contributed by atoms with E-state index in [1.807, 2.05) is 28.2 Å². The largest absolute Gasteiger partial charge is 0.378 e. The molecular formula is C21H27N3. The molecule has 0 amide bonds. The molecule has 0 N–H and O–H groups in total. The van der Waals surface area contributed by atoms with Gasteiger partial charge in [-0.2, -0.15) is 5.26 Å². The van der Waals surface area contributed by atoms with Crippen LogP contribution >= 0.6 is 0 Å². The van der Waals surface area contributed by atoms with Gasteiger partial charge in [-0.1, -0.05) is 38.1 Å². The zero-order chi connectivity index (χ0) is 17.9. The van der Waals surface area contributed by atoms with E-state index in [9.17, 15) is 5.26 Å². The first-order valence-corrected chi connectivity index (χ1v) is 8.30. The standard InChI is InChI=1S/C21H27N3/c1-16(2)21(15-22,17-7-11-19(12-8-17)23(3)4)18-9-13-20(14-10-18)24(5)6/h7-14,16H,1-6H3. The van der Waals surface area contributed by atoms with Crippen molar-refractivity contribution in [2.45, 2.75) is 19.3 Å². The molecule has 2 rings (SSSR count). The Morgan fingerprint density at radius 2 is 1.08 bits per heavy atom. The van der Waals surface area contributed by atoms with Crippen LogP contribution < -0.4 is 9.80 Å². The van der Waals surface area contributed by atoms with Gasteiger partial charge in [0.2, 0.25) is 0 Å². The molecule has 0 aliphatic rings. The quantitative estimate of drug-likeness (QED) is 0.823. The predicted molar refractivity (Wildman–Crippen MR) is 103 cm³/mol. The Balaban J connectivity index is 2.56. The highest BCUT2D eigenvalue weighted by Gasteiger charge is 2.38. The zero-order valence-electron chi connectivity index (χ0n) is 15.5. The van der Waals surface area contributed by atoms with Gasteiger partial charge in [0.25, 0.3) is 0 Å². The average Bonchev–Trinajstić information content (AvgIpc) is 2.56. The molecule has 2 aromatic rings. The van der Waals surface area contributed by atoms with Crippen LogP contribution in [0.5, 0.6) is 0 Å². The van der Waals surface area contributed by atoms with E-state index in [0.717, 1.165) is 22.5 Å². The molecule has 0 unspecified atom stereocenters. The molecule has 2 aromatic carbocycles. The summed E-state index contributed by atoms with van der Waals surface area (Å²) in [5.41, 5.74) is 3.72. The van der Waals surface area contributed by atoms with Crippen molar-refractivity contribution in [3.05, 3.63) is 59.7 Å². The van der Waals surface area contributed by atoms with E-state index in [1.165, 1.54) is 0 Å². The number of nitrogens with zero attached hydrogens (tertiary/aromatic N) is 3. The molecule has 126 valence electrons. The highest BCUT2D eigenvalue weighted by atomic mass is 15.1. The summed E-state index contributed by atoms with van der Waals surface area (Å²) in [5, 5.41) is 10.1. The molecule has 0 aliphatic carbocycles. The first kappa shape index (κ1) is 17.9. The third kappa shape index (κ3) is 3.10. The smallest absolute Gasteiger partial charge is 0.109 e. The fourth-order valence-electron chi connectivity index (χ4n) is 3.14. The number of hydrogen-bond acceptors (Lipinski definition) is 3. The van der Waals surface area contributed by atoms with Crippen LogP contribution in [0.3, 0.4) is 0 Å². The normalized spacial score (nSPS) is 11.2. The molecule has 0 saturated carbocycles. The minimum atomic E-state index is -0.643. The molecule has 24 heavy (non-hydrogen) atoms. The Hall–Kier alpha value is -2.47. The maximum atomic E-state index is 10.1. The number of benzene rings is 2. The van der Waals surface area contributed by atoms with Crippen LogP contribution in [0.15, 0.2) is 48.5 Å². The summed E-state index contributed by atoms with van der Waals surface area (Å²) in [4.78, 5) is 4.14. The van der Waals surface area contributed by atoms with Crippen LogP contribution in [0, 0.1) is 17.2 Å². The molecule has 0 aliphatic heterocycles. The van der Waals surface area contributed by atoms with Crippen molar-refractivity contribution in [1.29, 1.82) is 5.26 Å². The minimum Gasteiger partial charge on any atom is -0.378 e. The van der Waals surface area contributed by atoms with Gasteiger partial charge in [0.15, 0.2) is 0 Å². The predicted octanol–water partition coefficient (Wildman–Crippen LogP) is 4.28. The molecule has 0 aromatic heterocycles. The fraction of sp³-hybridized carbons (Fsp3) is 0.381. The average molecular weight is 321 g/mol. The lowest BCUT2D eigenvalue weighted by Gasteiger charge is -2.32. The Bertz CT molecular complexity index is 653. The van der Waals surface area contributed by atoms with Gasteiger partial charge in [-0.25, -0.2) is 0 Å². The summed E-state index contributed by atoms with van der Waals surface area (Å²) in [5.74, 6) is 0.165. The fourth-order valence-corrected chi connectivity index (χ4v) is 3.14. The van der Waals surface area contributed by atoms with Gasteiger partial charge in [0.1, 0.15) is 5.41 Å². The van der Waals surface area contributed by atoms with Crippen LogP contribution in [-0.4, -0.2) is 28.2 Å². The molecule has 0 radical (unpaired) electrons. The van der Waals surface area contributed by atoms with Crippen LogP contribution in [0.1, 0.15) is 25.0 Å². The van der Waals surface area contributed by atoms with Crippen LogP contribution in [0.25, 0.3) is 0 Å². The Morgan fingerprint density at radius 1 is 0.750 bits per heavy atom. The van der Waals surface area contributed by atoms with Crippen LogP contribution in [-0.2, 0) is 5.41 Å². The highest BCUT2D eigenvalue weighted by molar-refractivity contribution is 5.55. The van der Waals surface area contributed by atoms with E-state index in [0.29, 0.717) is 0 Å². The number of hydrogen-bond donors (Lipinski definition) is 0. The van der Waals surface area contributed by atoms with Crippen molar-refractivity contribution in [2.75, 3.05) is 38.0 Å². The molecular weight excluding hydrogens is 294 g/mol. The Morgan fingerprint density at radius 3 is 1.29 bits per heavy atom. The number of rotatable bonds is 5. The van der Waals surface area contributed by atoms with E-state index in [2.05, 4.69) is 78.2 Å². The summed E-state index contributed by atoms with van der Waals surface area (Å²) in [6.07, 6.45) is 0. The molecule has 0 bridgehead atoms. The van der Waals surface area contributed by atoms with Gasteiger partial charge in [-0.3, -0.25) is 0 Å². The molecule has 0 saturated heterocycles. The Labute approximate surface area is 146 Å². The summed E-state index contributed by atoms with van der Waals surface area (Å²) in [6.45, 7) is 4.23. The van der Waals surface area contributed by atoms with Crippen molar-refractivity contribution >= 4 is 11.4 Å². The molecule has 0 heterocycles. The highest BCUT2D eigenvalue weighted by Crippen LogP contribution is 2.39. The minimum absolute atomic E-state index is 0.165. The van der Waals surface area contributed by atoms with Crippen molar-refractivity contribution in [3.63, 3.8) is 0 Å². The maximum Gasteiger partial charge on any atom is 0.109 e. The van der Waals surface area contributed by atoms with E-state index in [4.69, 9.17) is 0 Å². The monoisotopic (exact) mass is 321 g/mol. The van der Waals surface area contributed by atoms with Crippen LogP contribution in [0.2, 0.25) is 0 Å². The van der Waals surface area contributed by atoms with Gasteiger partial charge < -0.3 is 9.80 Å².